The topological polar surface area (TPSA) is 64.7 Å². The lowest BCUT2D eigenvalue weighted by Gasteiger charge is -2.08. The van der Waals surface area contributed by atoms with Crippen molar-refractivity contribution in [2.45, 2.75) is 19.9 Å². The number of carbonyl (C=O) groups is 1. The molecular weight excluding hydrogens is 376 g/mol. The van der Waals surface area contributed by atoms with E-state index in [9.17, 15) is 13.6 Å². The van der Waals surface area contributed by atoms with Gasteiger partial charge in [0.2, 0.25) is 0 Å². The Morgan fingerprint density at radius 3 is 2.72 bits per heavy atom. The second-order valence-electron chi connectivity index (χ2n) is 6.57. The summed E-state index contributed by atoms with van der Waals surface area (Å²) < 4.78 is 28.5. The highest BCUT2D eigenvalue weighted by atomic mass is 19.3. The highest BCUT2D eigenvalue weighted by Gasteiger charge is 2.14. The molecule has 29 heavy (non-hydrogen) atoms. The quantitative estimate of drug-likeness (QED) is 0.539. The molecule has 0 spiro atoms. The number of alkyl halides is 2. The molecule has 0 saturated carbocycles. The number of rotatable bonds is 6. The van der Waals surface area contributed by atoms with Gasteiger partial charge in [-0.1, -0.05) is 18.2 Å². The molecular formula is C21H19F2N5O. The first-order chi connectivity index (χ1) is 14.0. The fourth-order valence-corrected chi connectivity index (χ4v) is 3.35. The molecule has 0 saturated heterocycles. The lowest BCUT2D eigenvalue weighted by Crippen LogP contribution is -2.26. The predicted molar refractivity (Wildman–Crippen MR) is 105 cm³/mol. The van der Waals surface area contributed by atoms with Crippen molar-refractivity contribution in [3.05, 3.63) is 78.1 Å². The van der Waals surface area contributed by atoms with Crippen molar-refractivity contribution >= 4 is 16.9 Å². The minimum Gasteiger partial charge on any atom is -0.352 e. The maximum absolute atomic E-state index is 12.8. The summed E-state index contributed by atoms with van der Waals surface area (Å²) in [4.78, 5) is 21.0. The summed E-state index contributed by atoms with van der Waals surface area (Å²) in [7, 11) is 0. The van der Waals surface area contributed by atoms with E-state index in [-0.39, 0.29) is 24.7 Å². The van der Waals surface area contributed by atoms with E-state index < -0.39 is 6.55 Å². The van der Waals surface area contributed by atoms with E-state index in [1.165, 1.54) is 12.4 Å². The van der Waals surface area contributed by atoms with Crippen molar-refractivity contribution in [1.29, 1.82) is 0 Å². The molecule has 0 fully saturated rings. The lowest BCUT2D eigenvalue weighted by molar-refractivity contribution is 0.0670. The fourth-order valence-electron chi connectivity index (χ4n) is 3.35. The molecule has 0 bridgehead atoms. The van der Waals surface area contributed by atoms with Gasteiger partial charge in [-0.15, -0.1) is 0 Å². The van der Waals surface area contributed by atoms with Crippen molar-refractivity contribution in [1.82, 2.24) is 24.4 Å². The van der Waals surface area contributed by atoms with Crippen LogP contribution in [-0.2, 0) is 6.42 Å². The number of aryl methyl sites for hydroxylation is 1. The number of nitrogens with one attached hydrogen (secondary N) is 1. The highest BCUT2D eigenvalue weighted by Crippen LogP contribution is 2.22. The number of nitrogens with zero attached hydrogens (tertiary/aromatic N) is 4. The van der Waals surface area contributed by atoms with Crippen LogP contribution in [0.25, 0.3) is 16.7 Å². The van der Waals surface area contributed by atoms with E-state index in [0.29, 0.717) is 11.1 Å². The van der Waals surface area contributed by atoms with Crippen LogP contribution in [0.5, 0.6) is 0 Å². The summed E-state index contributed by atoms with van der Waals surface area (Å²) in [6.07, 6.45) is 2.76. The number of halogens is 2. The Bertz CT molecular complexity index is 1150. The van der Waals surface area contributed by atoms with Gasteiger partial charge in [-0.05, 0) is 37.3 Å². The van der Waals surface area contributed by atoms with Crippen LogP contribution in [0.2, 0.25) is 0 Å². The van der Waals surface area contributed by atoms with Gasteiger partial charge in [0, 0.05) is 36.6 Å². The molecule has 8 heteroatoms. The Balaban J connectivity index is 1.49. The molecule has 0 aliphatic carbocycles. The molecule has 1 N–H and O–H groups in total. The van der Waals surface area contributed by atoms with Gasteiger partial charge in [0.1, 0.15) is 11.6 Å². The van der Waals surface area contributed by atoms with Gasteiger partial charge in [-0.3, -0.25) is 13.9 Å². The SMILES string of the molecule is Cc1nc2cc(C(=O)NCCc3nccn3C(F)F)ccc2n1-c1ccccc1. The summed E-state index contributed by atoms with van der Waals surface area (Å²) in [5, 5.41) is 2.75. The van der Waals surface area contributed by atoms with Gasteiger partial charge < -0.3 is 5.32 Å². The number of amides is 1. The number of carbonyl (C=O) groups excluding carboxylic acids is 1. The van der Waals surface area contributed by atoms with Crippen molar-refractivity contribution in [2.24, 2.45) is 0 Å². The normalized spacial score (nSPS) is 11.3. The molecule has 0 unspecified atom stereocenters. The van der Waals surface area contributed by atoms with Crippen LogP contribution in [0.1, 0.15) is 28.6 Å². The minimum atomic E-state index is -2.64. The third-order valence-corrected chi connectivity index (χ3v) is 4.69. The van der Waals surface area contributed by atoms with Gasteiger partial charge in [0.05, 0.1) is 11.0 Å². The summed E-state index contributed by atoms with van der Waals surface area (Å²) >= 11 is 0. The average molecular weight is 395 g/mol. The standard InChI is InChI=1S/C21H19F2N5O/c1-14-26-17-13-15(7-8-18(17)28(14)16-5-3-2-4-6-16)20(29)25-10-9-19-24-11-12-27(19)21(22)23/h2-8,11-13,21H,9-10H2,1H3,(H,25,29). The monoisotopic (exact) mass is 395 g/mol. The molecule has 0 radical (unpaired) electrons. The zero-order valence-corrected chi connectivity index (χ0v) is 15.7. The Morgan fingerprint density at radius 2 is 1.97 bits per heavy atom. The van der Waals surface area contributed by atoms with E-state index in [0.717, 1.165) is 21.6 Å². The van der Waals surface area contributed by atoms with Gasteiger partial charge in [-0.25, -0.2) is 9.97 Å². The Labute approximate surface area is 165 Å². The molecule has 2 heterocycles. The molecule has 0 aliphatic rings. The predicted octanol–water partition coefficient (Wildman–Crippen LogP) is 3.90. The van der Waals surface area contributed by atoms with Crippen LogP contribution in [0.3, 0.4) is 0 Å². The number of imidazole rings is 2. The average Bonchev–Trinajstić information content (AvgIpc) is 3.31. The number of fused-ring (bicyclic) bond motifs is 1. The van der Waals surface area contributed by atoms with Crippen LogP contribution < -0.4 is 5.32 Å². The van der Waals surface area contributed by atoms with E-state index >= 15 is 0 Å². The molecule has 6 nitrogen and oxygen atoms in total. The maximum atomic E-state index is 12.8. The summed E-state index contributed by atoms with van der Waals surface area (Å²) in [5.74, 6) is 0.768. The third kappa shape index (κ3) is 3.73. The van der Waals surface area contributed by atoms with Crippen molar-refractivity contribution in [3.8, 4) is 5.69 Å². The van der Waals surface area contributed by atoms with Crippen LogP contribution in [-0.4, -0.2) is 31.6 Å². The highest BCUT2D eigenvalue weighted by molar-refractivity contribution is 5.97. The van der Waals surface area contributed by atoms with Crippen molar-refractivity contribution in [3.63, 3.8) is 0 Å². The Morgan fingerprint density at radius 1 is 1.17 bits per heavy atom. The largest absolute Gasteiger partial charge is 0.352 e. The number of hydrogen-bond acceptors (Lipinski definition) is 3. The van der Waals surface area contributed by atoms with Crippen molar-refractivity contribution < 1.29 is 13.6 Å². The van der Waals surface area contributed by atoms with Gasteiger partial charge >= 0.3 is 6.55 Å². The van der Waals surface area contributed by atoms with Crippen LogP contribution in [0.15, 0.2) is 60.9 Å². The molecule has 0 aliphatic heterocycles. The van der Waals surface area contributed by atoms with Crippen molar-refractivity contribution in [2.75, 3.05) is 6.54 Å². The first kappa shape index (κ1) is 18.8. The number of aromatic nitrogens is 4. The second kappa shape index (κ2) is 7.83. The van der Waals surface area contributed by atoms with E-state index in [1.807, 2.05) is 47.9 Å². The smallest absolute Gasteiger partial charge is 0.319 e. The Hall–Kier alpha value is -3.55. The molecule has 4 aromatic rings. The molecule has 4 rings (SSSR count). The zero-order valence-electron chi connectivity index (χ0n) is 15.7. The second-order valence-corrected chi connectivity index (χ2v) is 6.57. The lowest BCUT2D eigenvalue weighted by atomic mass is 10.2. The zero-order chi connectivity index (χ0) is 20.4. The van der Waals surface area contributed by atoms with Gasteiger partial charge in [0.15, 0.2) is 0 Å². The number of hydrogen-bond donors (Lipinski definition) is 1. The first-order valence-electron chi connectivity index (χ1n) is 9.17. The van der Waals surface area contributed by atoms with Gasteiger partial charge in [-0.2, -0.15) is 8.78 Å². The summed E-state index contributed by atoms with van der Waals surface area (Å²) in [5.41, 5.74) is 3.09. The molecule has 2 aromatic heterocycles. The van der Waals surface area contributed by atoms with Gasteiger partial charge in [0.25, 0.3) is 5.91 Å². The van der Waals surface area contributed by atoms with E-state index in [2.05, 4.69) is 15.3 Å². The third-order valence-electron chi connectivity index (χ3n) is 4.69. The molecule has 1 amide bonds. The maximum Gasteiger partial charge on any atom is 0.319 e. The molecule has 0 atom stereocenters. The summed E-state index contributed by atoms with van der Waals surface area (Å²) in [6, 6.07) is 15.2. The molecule has 2 aromatic carbocycles. The summed E-state index contributed by atoms with van der Waals surface area (Å²) in [6.45, 7) is -0.524. The van der Waals surface area contributed by atoms with E-state index in [1.54, 1.807) is 12.1 Å². The van der Waals surface area contributed by atoms with E-state index in [4.69, 9.17) is 0 Å². The first-order valence-corrected chi connectivity index (χ1v) is 9.17. The van der Waals surface area contributed by atoms with Crippen LogP contribution in [0, 0.1) is 6.92 Å². The number of benzene rings is 2. The number of para-hydroxylation sites is 1. The Kier molecular flexibility index (Phi) is 5.07. The van der Waals surface area contributed by atoms with Crippen LogP contribution >= 0.6 is 0 Å². The molecule has 148 valence electrons. The van der Waals surface area contributed by atoms with Crippen LogP contribution in [0.4, 0.5) is 8.78 Å². The minimum absolute atomic E-state index is 0.206. The fraction of sp³-hybridized carbons (Fsp3) is 0.190.